The van der Waals surface area contributed by atoms with Crippen LogP contribution < -0.4 is 16.5 Å². The summed E-state index contributed by atoms with van der Waals surface area (Å²) in [5.74, 6) is 0. The number of hydrazine groups is 1. The van der Waals surface area contributed by atoms with E-state index in [2.05, 4.69) is 22.7 Å². The van der Waals surface area contributed by atoms with Crippen LogP contribution in [0.5, 0.6) is 0 Å². The van der Waals surface area contributed by atoms with E-state index < -0.39 is 0 Å². The maximum atomic E-state index is 6.07. The van der Waals surface area contributed by atoms with E-state index in [1.165, 1.54) is 128 Å². The Labute approximate surface area is 189 Å². The summed E-state index contributed by atoms with van der Waals surface area (Å²) in [4.78, 5) is 0. The monoisotopic (exact) mass is 424 g/mol. The van der Waals surface area contributed by atoms with E-state index in [-0.39, 0.29) is 6.17 Å². The molecule has 180 valence electrons. The first-order valence-corrected chi connectivity index (χ1v) is 13.8. The number of hydrogen-bond donors (Lipinski definition) is 3. The molecule has 1 heterocycles. The van der Waals surface area contributed by atoms with Crippen LogP contribution >= 0.6 is 0 Å². The molecule has 1 rings (SSSR count). The van der Waals surface area contributed by atoms with Crippen LogP contribution in [0.4, 0.5) is 0 Å². The average molecular weight is 425 g/mol. The Morgan fingerprint density at radius 1 is 0.667 bits per heavy atom. The standard InChI is InChI=1S/C26H56N4/c1-2-3-4-5-6-7-8-9-10-11-12-13-14-15-16-17-18-19-20-21-22-29-30-24-23-28-25-26(30)27/h26,28-29H,2-25,27H2,1H3. The third-order valence-corrected chi connectivity index (χ3v) is 6.63. The van der Waals surface area contributed by atoms with E-state index in [1.54, 1.807) is 0 Å². The van der Waals surface area contributed by atoms with Gasteiger partial charge in [0.2, 0.25) is 0 Å². The van der Waals surface area contributed by atoms with Crippen molar-refractivity contribution in [3.63, 3.8) is 0 Å². The summed E-state index contributed by atoms with van der Waals surface area (Å²) in [5.41, 5.74) is 9.57. The first-order chi connectivity index (χ1) is 14.8. The van der Waals surface area contributed by atoms with Gasteiger partial charge in [-0.25, -0.2) is 5.01 Å². The van der Waals surface area contributed by atoms with Crippen molar-refractivity contribution in [2.75, 3.05) is 26.2 Å². The van der Waals surface area contributed by atoms with Gasteiger partial charge in [-0.1, -0.05) is 129 Å². The molecule has 0 aromatic heterocycles. The highest BCUT2D eigenvalue weighted by molar-refractivity contribution is 4.71. The fraction of sp³-hybridized carbons (Fsp3) is 1.00. The number of unbranched alkanes of at least 4 members (excludes halogenated alkanes) is 19. The zero-order valence-corrected chi connectivity index (χ0v) is 20.6. The normalized spacial score (nSPS) is 17.6. The van der Waals surface area contributed by atoms with Crippen molar-refractivity contribution in [3.05, 3.63) is 0 Å². The van der Waals surface area contributed by atoms with Crippen molar-refractivity contribution < 1.29 is 0 Å². The van der Waals surface area contributed by atoms with E-state index in [0.717, 1.165) is 26.2 Å². The molecule has 30 heavy (non-hydrogen) atoms. The molecule has 4 heteroatoms. The number of hydrogen-bond acceptors (Lipinski definition) is 4. The van der Waals surface area contributed by atoms with Crippen LogP contribution in [0.15, 0.2) is 0 Å². The van der Waals surface area contributed by atoms with Gasteiger partial charge in [0.15, 0.2) is 0 Å². The van der Waals surface area contributed by atoms with Crippen molar-refractivity contribution in [3.8, 4) is 0 Å². The largest absolute Gasteiger partial charge is 0.314 e. The Hall–Kier alpha value is -0.160. The van der Waals surface area contributed by atoms with Gasteiger partial charge in [0, 0.05) is 26.2 Å². The molecule has 0 aliphatic carbocycles. The van der Waals surface area contributed by atoms with Gasteiger partial charge >= 0.3 is 0 Å². The summed E-state index contributed by atoms with van der Waals surface area (Å²) >= 11 is 0. The van der Waals surface area contributed by atoms with Gasteiger partial charge in [-0.05, 0) is 6.42 Å². The van der Waals surface area contributed by atoms with Crippen molar-refractivity contribution in [1.29, 1.82) is 0 Å². The molecule has 1 aliphatic rings. The summed E-state index contributed by atoms with van der Waals surface area (Å²) in [6.07, 6.45) is 28.9. The summed E-state index contributed by atoms with van der Waals surface area (Å²) in [6.45, 7) is 6.33. The second-order valence-electron chi connectivity index (χ2n) is 9.59. The van der Waals surface area contributed by atoms with Crippen LogP contribution in [0, 0.1) is 0 Å². The highest BCUT2D eigenvalue weighted by Gasteiger charge is 2.16. The third-order valence-electron chi connectivity index (χ3n) is 6.63. The zero-order chi connectivity index (χ0) is 21.5. The maximum Gasteiger partial charge on any atom is 0.0834 e. The highest BCUT2D eigenvalue weighted by Crippen LogP contribution is 2.14. The van der Waals surface area contributed by atoms with E-state index >= 15 is 0 Å². The lowest BCUT2D eigenvalue weighted by Gasteiger charge is -2.33. The molecular formula is C26H56N4. The van der Waals surface area contributed by atoms with E-state index in [9.17, 15) is 0 Å². The maximum absolute atomic E-state index is 6.07. The zero-order valence-electron chi connectivity index (χ0n) is 20.6. The van der Waals surface area contributed by atoms with Gasteiger partial charge in [0.05, 0.1) is 6.17 Å². The molecule has 0 spiro atoms. The quantitative estimate of drug-likeness (QED) is 0.174. The van der Waals surface area contributed by atoms with Gasteiger partial charge in [-0.2, -0.15) is 0 Å². The van der Waals surface area contributed by atoms with Crippen LogP contribution in [0.1, 0.15) is 135 Å². The Balaban J connectivity index is 1.66. The fourth-order valence-corrected chi connectivity index (χ4v) is 4.52. The molecule has 4 N–H and O–H groups in total. The first kappa shape index (κ1) is 27.9. The van der Waals surface area contributed by atoms with Crippen LogP contribution in [-0.4, -0.2) is 37.4 Å². The van der Waals surface area contributed by atoms with Crippen molar-refractivity contribution >= 4 is 0 Å². The molecular weight excluding hydrogens is 368 g/mol. The van der Waals surface area contributed by atoms with Crippen LogP contribution in [0.3, 0.4) is 0 Å². The van der Waals surface area contributed by atoms with Gasteiger partial charge in [-0.3, -0.25) is 5.43 Å². The Kier molecular flexibility index (Phi) is 20.5. The van der Waals surface area contributed by atoms with E-state index in [1.807, 2.05) is 0 Å². The fourth-order valence-electron chi connectivity index (χ4n) is 4.52. The Bertz CT molecular complexity index is 337. The Morgan fingerprint density at radius 2 is 1.07 bits per heavy atom. The van der Waals surface area contributed by atoms with Crippen molar-refractivity contribution in [2.24, 2.45) is 5.73 Å². The molecule has 1 fully saturated rings. The van der Waals surface area contributed by atoms with Crippen LogP contribution in [0.2, 0.25) is 0 Å². The molecule has 0 bridgehead atoms. The molecule has 1 unspecified atom stereocenters. The van der Waals surface area contributed by atoms with Crippen molar-refractivity contribution in [1.82, 2.24) is 15.8 Å². The minimum absolute atomic E-state index is 0.129. The molecule has 0 radical (unpaired) electrons. The number of piperazine rings is 1. The molecule has 1 aliphatic heterocycles. The second-order valence-corrected chi connectivity index (χ2v) is 9.59. The predicted octanol–water partition coefficient (Wildman–Crippen LogP) is 6.50. The van der Waals surface area contributed by atoms with Gasteiger partial charge < -0.3 is 11.1 Å². The van der Waals surface area contributed by atoms with Crippen LogP contribution in [0.25, 0.3) is 0 Å². The number of nitrogens with one attached hydrogen (secondary N) is 2. The highest BCUT2D eigenvalue weighted by atomic mass is 15.6. The summed E-state index contributed by atoms with van der Waals surface area (Å²) in [6, 6.07) is 0. The molecule has 0 aromatic carbocycles. The smallest absolute Gasteiger partial charge is 0.0834 e. The molecule has 4 nitrogen and oxygen atoms in total. The summed E-state index contributed by atoms with van der Waals surface area (Å²) < 4.78 is 0. The summed E-state index contributed by atoms with van der Waals surface area (Å²) in [5, 5.41) is 5.52. The van der Waals surface area contributed by atoms with E-state index in [4.69, 9.17) is 5.73 Å². The average Bonchev–Trinajstić information content (AvgIpc) is 2.76. The van der Waals surface area contributed by atoms with E-state index in [0.29, 0.717) is 0 Å². The molecule has 0 aromatic rings. The van der Waals surface area contributed by atoms with Gasteiger partial charge in [0.1, 0.15) is 0 Å². The molecule has 1 saturated heterocycles. The van der Waals surface area contributed by atoms with Crippen molar-refractivity contribution in [2.45, 2.75) is 142 Å². The third kappa shape index (κ3) is 17.5. The SMILES string of the molecule is CCCCCCCCCCCCCCCCCCCCCCNN1CCNCC1N. The topological polar surface area (TPSA) is 53.3 Å². The lowest BCUT2D eigenvalue weighted by atomic mass is 10.0. The lowest BCUT2D eigenvalue weighted by Crippen LogP contribution is -2.60. The molecule has 0 saturated carbocycles. The molecule has 0 amide bonds. The van der Waals surface area contributed by atoms with Crippen LogP contribution in [-0.2, 0) is 0 Å². The lowest BCUT2D eigenvalue weighted by molar-refractivity contribution is 0.0999. The molecule has 1 atom stereocenters. The minimum Gasteiger partial charge on any atom is -0.314 e. The van der Waals surface area contributed by atoms with Gasteiger partial charge in [0.25, 0.3) is 0 Å². The van der Waals surface area contributed by atoms with Gasteiger partial charge in [-0.15, -0.1) is 0 Å². The second kappa shape index (κ2) is 22.0. The first-order valence-electron chi connectivity index (χ1n) is 13.8. The predicted molar refractivity (Wildman–Crippen MR) is 134 cm³/mol. The number of rotatable bonds is 22. The Morgan fingerprint density at radius 3 is 1.47 bits per heavy atom. The number of nitrogens with two attached hydrogens (primary N) is 1. The number of nitrogens with zero attached hydrogens (tertiary/aromatic N) is 1. The summed E-state index contributed by atoms with van der Waals surface area (Å²) in [7, 11) is 0. The minimum atomic E-state index is 0.129.